The van der Waals surface area contributed by atoms with Gasteiger partial charge in [-0.1, -0.05) is 6.07 Å². The molecular weight excluding hydrogens is 281 g/mol. The van der Waals surface area contributed by atoms with Gasteiger partial charge in [0.05, 0.1) is 0 Å². The SMILES string of the molecule is CC(O)C(=O)Nc1cccc(I)c1. The number of hydrogen-bond acceptors (Lipinski definition) is 2. The highest BCUT2D eigenvalue weighted by Gasteiger charge is 2.07. The molecule has 70 valence electrons. The van der Waals surface area contributed by atoms with Crippen molar-refractivity contribution in [1.82, 2.24) is 0 Å². The quantitative estimate of drug-likeness (QED) is 0.813. The second-order valence-electron chi connectivity index (χ2n) is 2.68. The summed E-state index contributed by atoms with van der Waals surface area (Å²) in [6.07, 6.45) is -0.974. The Labute approximate surface area is 90.3 Å². The molecule has 0 aliphatic heterocycles. The summed E-state index contributed by atoms with van der Waals surface area (Å²) in [6.45, 7) is 1.43. The van der Waals surface area contributed by atoms with Crippen LogP contribution in [0.4, 0.5) is 5.69 Å². The van der Waals surface area contributed by atoms with E-state index < -0.39 is 6.10 Å². The summed E-state index contributed by atoms with van der Waals surface area (Å²) in [6, 6.07) is 7.39. The number of carbonyl (C=O) groups is 1. The molecule has 0 saturated carbocycles. The number of aliphatic hydroxyl groups excluding tert-OH is 1. The minimum atomic E-state index is -0.974. The summed E-state index contributed by atoms with van der Waals surface area (Å²) in [4.78, 5) is 11.1. The van der Waals surface area contributed by atoms with Crippen LogP contribution in [0, 0.1) is 3.57 Å². The normalized spacial score (nSPS) is 12.2. The fourth-order valence-electron chi connectivity index (χ4n) is 0.813. The Bertz CT molecular complexity index is 312. The summed E-state index contributed by atoms with van der Waals surface area (Å²) in [5.41, 5.74) is 0.706. The zero-order valence-electron chi connectivity index (χ0n) is 7.12. The van der Waals surface area contributed by atoms with E-state index in [9.17, 15) is 4.79 Å². The highest BCUT2D eigenvalue weighted by atomic mass is 127. The van der Waals surface area contributed by atoms with Crippen molar-refractivity contribution in [1.29, 1.82) is 0 Å². The highest BCUT2D eigenvalue weighted by molar-refractivity contribution is 14.1. The third-order valence-corrected chi connectivity index (χ3v) is 2.14. The van der Waals surface area contributed by atoms with Gasteiger partial charge in [-0.2, -0.15) is 0 Å². The molecule has 1 unspecified atom stereocenters. The molecule has 2 N–H and O–H groups in total. The Hall–Kier alpha value is -0.620. The first-order valence-electron chi connectivity index (χ1n) is 3.84. The molecule has 0 aromatic heterocycles. The summed E-state index contributed by atoms with van der Waals surface area (Å²) in [7, 11) is 0. The molecule has 1 aromatic rings. The number of aliphatic hydroxyl groups is 1. The Morgan fingerprint density at radius 3 is 2.85 bits per heavy atom. The van der Waals surface area contributed by atoms with Crippen LogP contribution in [0.5, 0.6) is 0 Å². The molecule has 0 radical (unpaired) electrons. The van der Waals surface area contributed by atoms with Crippen molar-refractivity contribution in [3.05, 3.63) is 27.8 Å². The topological polar surface area (TPSA) is 49.3 Å². The van der Waals surface area contributed by atoms with Gasteiger partial charge < -0.3 is 10.4 Å². The van der Waals surface area contributed by atoms with E-state index in [-0.39, 0.29) is 5.91 Å². The first-order chi connectivity index (χ1) is 6.09. The summed E-state index contributed by atoms with van der Waals surface area (Å²) >= 11 is 2.16. The minimum absolute atomic E-state index is 0.387. The molecule has 1 aromatic carbocycles. The van der Waals surface area contributed by atoms with Gasteiger partial charge in [0, 0.05) is 9.26 Å². The zero-order valence-corrected chi connectivity index (χ0v) is 9.28. The number of halogens is 1. The molecule has 1 rings (SSSR count). The van der Waals surface area contributed by atoms with Crippen molar-refractivity contribution in [2.24, 2.45) is 0 Å². The van der Waals surface area contributed by atoms with Crippen LogP contribution in [-0.4, -0.2) is 17.1 Å². The van der Waals surface area contributed by atoms with Crippen LogP contribution in [0.2, 0.25) is 0 Å². The van der Waals surface area contributed by atoms with Gasteiger partial charge >= 0.3 is 0 Å². The molecule has 0 bridgehead atoms. The van der Waals surface area contributed by atoms with Crippen molar-refractivity contribution in [3.8, 4) is 0 Å². The van der Waals surface area contributed by atoms with Gasteiger partial charge in [0.25, 0.3) is 5.91 Å². The van der Waals surface area contributed by atoms with E-state index in [0.717, 1.165) is 3.57 Å². The van der Waals surface area contributed by atoms with Crippen LogP contribution >= 0.6 is 22.6 Å². The van der Waals surface area contributed by atoms with Crippen LogP contribution < -0.4 is 5.32 Å². The van der Waals surface area contributed by atoms with Gasteiger partial charge in [-0.05, 0) is 47.7 Å². The molecule has 0 heterocycles. The number of rotatable bonds is 2. The Balaban J connectivity index is 2.69. The first kappa shape index (κ1) is 10.5. The largest absolute Gasteiger partial charge is 0.384 e. The predicted molar refractivity (Wildman–Crippen MR) is 59.5 cm³/mol. The number of hydrogen-bond donors (Lipinski definition) is 2. The van der Waals surface area contributed by atoms with E-state index in [4.69, 9.17) is 5.11 Å². The highest BCUT2D eigenvalue weighted by Crippen LogP contribution is 2.12. The van der Waals surface area contributed by atoms with Gasteiger partial charge in [0.1, 0.15) is 6.10 Å². The van der Waals surface area contributed by atoms with E-state index in [1.165, 1.54) is 6.92 Å². The average Bonchev–Trinajstić information content (AvgIpc) is 2.04. The van der Waals surface area contributed by atoms with Gasteiger partial charge in [0.2, 0.25) is 0 Å². The van der Waals surface area contributed by atoms with Crippen LogP contribution in [0.1, 0.15) is 6.92 Å². The van der Waals surface area contributed by atoms with E-state index in [1.54, 1.807) is 6.07 Å². The maximum absolute atomic E-state index is 11.1. The molecule has 0 aliphatic rings. The number of benzene rings is 1. The minimum Gasteiger partial charge on any atom is -0.384 e. The third-order valence-electron chi connectivity index (χ3n) is 1.47. The lowest BCUT2D eigenvalue weighted by atomic mass is 10.3. The van der Waals surface area contributed by atoms with Gasteiger partial charge in [-0.25, -0.2) is 0 Å². The molecule has 13 heavy (non-hydrogen) atoms. The summed E-state index contributed by atoms with van der Waals surface area (Å²) in [5.74, 6) is -0.387. The second kappa shape index (κ2) is 4.57. The van der Waals surface area contributed by atoms with E-state index >= 15 is 0 Å². The van der Waals surface area contributed by atoms with Crippen molar-refractivity contribution in [3.63, 3.8) is 0 Å². The molecule has 0 fully saturated rings. The lowest BCUT2D eigenvalue weighted by molar-refractivity contribution is -0.123. The summed E-state index contributed by atoms with van der Waals surface area (Å²) in [5, 5.41) is 11.5. The van der Waals surface area contributed by atoms with E-state index in [1.807, 2.05) is 18.2 Å². The Morgan fingerprint density at radius 2 is 2.31 bits per heavy atom. The standard InChI is InChI=1S/C9H10INO2/c1-6(12)9(13)11-8-4-2-3-7(10)5-8/h2-6,12H,1H3,(H,11,13). The zero-order chi connectivity index (χ0) is 9.84. The van der Waals surface area contributed by atoms with E-state index in [0.29, 0.717) is 5.69 Å². The van der Waals surface area contributed by atoms with Crippen LogP contribution in [-0.2, 0) is 4.79 Å². The lowest BCUT2D eigenvalue weighted by Crippen LogP contribution is -2.24. The third kappa shape index (κ3) is 3.31. The molecule has 1 amide bonds. The van der Waals surface area contributed by atoms with Gasteiger partial charge in [-0.3, -0.25) is 4.79 Å². The predicted octanol–water partition coefficient (Wildman–Crippen LogP) is 1.61. The molecule has 0 saturated heterocycles. The van der Waals surface area contributed by atoms with Crippen LogP contribution in [0.3, 0.4) is 0 Å². The second-order valence-corrected chi connectivity index (χ2v) is 3.92. The van der Waals surface area contributed by atoms with Crippen LogP contribution in [0.15, 0.2) is 24.3 Å². The monoisotopic (exact) mass is 291 g/mol. The molecule has 4 heteroatoms. The van der Waals surface area contributed by atoms with Crippen molar-refractivity contribution < 1.29 is 9.90 Å². The van der Waals surface area contributed by atoms with E-state index in [2.05, 4.69) is 27.9 Å². The maximum atomic E-state index is 11.1. The van der Waals surface area contributed by atoms with Gasteiger partial charge in [-0.15, -0.1) is 0 Å². The van der Waals surface area contributed by atoms with Crippen molar-refractivity contribution >= 4 is 34.2 Å². The van der Waals surface area contributed by atoms with Crippen molar-refractivity contribution in [2.45, 2.75) is 13.0 Å². The van der Waals surface area contributed by atoms with Crippen LogP contribution in [0.25, 0.3) is 0 Å². The maximum Gasteiger partial charge on any atom is 0.252 e. The average molecular weight is 291 g/mol. The fraction of sp³-hybridized carbons (Fsp3) is 0.222. The lowest BCUT2D eigenvalue weighted by Gasteiger charge is -2.06. The molecule has 3 nitrogen and oxygen atoms in total. The van der Waals surface area contributed by atoms with Gasteiger partial charge in [0.15, 0.2) is 0 Å². The molecule has 1 atom stereocenters. The number of carbonyl (C=O) groups excluding carboxylic acids is 1. The van der Waals surface area contributed by atoms with Crippen molar-refractivity contribution in [2.75, 3.05) is 5.32 Å². The number of amides is 1. The number of nitrogens with one attached hydrogen (secondary N) is 1. The molecule has 0 spiro atoms. The smallest absolute Gasteiger partial charge is 0.252 e. The Morgan fingerprint density at radius 1 is 1.62 bits per heavy atom. The number of anilines is 1. The molecular formula is C9H10INO2. The Kier molecular flexibility index (Phi) is 3.68. The fourth-order valence-corrected chi connectivity index (χ4v) is 1.36. The molecule has 0 aliphatic carbocycles. The summed E-state index contributed by atoms with van der Waals surface area (Å²) < 4.78 is 1.04. The first-order valence-corrected chi connectivity index (χ1v) is 4.92.